The summed E-state index contributed by atoms with van der Waals surface area (Å²) in [6, 6.07) is 5.06. The van der Waals surface area contributed by atoms with Gasteiger partial charge in [-0.1, -0.05) is 22.4 Å². The number of benzene rings is 1. The van der Waals surface area contributed by atoms with Crippen LogP contribution in [0.3, 0.4) is 0 Å². The fourth-order valence-electron chi connectivity index (χ4n) is 1.98. The van der Waals surface area contributed by atoms with E-state index in [1.54, 1.807) is 12.1 Å². The second kappa shape index (κ2) is 5.60. The second-order valence-corrected chi connectivity index (χ2v) is 5.37. The lowest BCUT2D eigenvalue weighted by molar-refractivity contribution is -0.385. The first kappa shape index (κ1) is 12.5. The summed E-state index contributed by atoms with van der Waals surface area (Å²) in [6.45, 7) is 1.52. The van der Waals surface area contributed by atoms with E-state index in [2.05, 4.69) is 21.2 Å². The van der Waals surface area contributed by atoms with Gasteiger partial charge >= 0.3 is 0 Å². The minimum absolute atomic E-state index is 0.189. The molecule has 0 amide bonds. The predicted octanol–water partition coefficient (Wildman–Crippen LogP) is 3.25. The lowest BCUT2D eigenvalue weighted by Gasteiger charge is -2.25. The minimum Gasteiger partial charge on any atom is -0.312 e. The van der Waals surface area contributed by atoms with Crippen LogP contribution in [-0.4, -0.2) is 11.5 Å². The number of hydrogen-bond donors (Lipinski definition) is 1. The van der Waals surface area contributed by atoms with E-state index in [1.165, 1.54) is 19.3 Å². The smallest absolute Gasteiger partial charge is 0.273 e. The molecule has 0 unspecified atom stereocenters. The van der Waals surface area contributed by atoms with Crippen LogP contribution in [0, 0.1) is 16.0 Å². The normalized spacial score (nSPS) is 15.6. The van der Waals surface area contributed by atoms with Crippen LogP contribution in [0.1, 0.15) is 24.8 Å². The first-order valence-electron chi connectivity index (χ1n) is 5.80. The number of nitro groups is 1. The maximum absolute atomic E-state index is 10.9. The number of rotatable bonds is 5. The number of nitrogens with zero attached hydrogens (tertiary/aromatic N) is 1. The molecular weight excluding hydrogens is 284 g/mol. The summed E-state index contributed by atoms with van der Waals surface area (Å²) in [5, 5.41) is 14.2. The van der Waals surface area contributed by atoms with Gasteiger partial charge in [0.15, 0.2) is 0 Å². The Morgan fingerprint density at radius 1 is 1.47 bits per heavy atom. The van der Waals surface area contributed by atoms with Crippen molar-refractivity contribution in [2.45, 2.75) is 25.8 Å². The molecule has 0 aliphatic heterocycles. The number of hydrogen-bond acceptors (Lipinski definition) is 3. The van der Waals surface area contributed by atoms with Crippen molar-refractivity contribution in [2.24, 2.45) is 5.92 Å². The van der Waals surface area contributed by atoms with Gasteiger partial charge in [-0.2, -0.15) is 0 Å². The van der Waals surface area contributed by atoms with E-state index in [9.17, 15) is 10.1 Å². The van der Waals surface area contributed by atoms with E-state index >= 15 is 0 Å². The maximum Gasteiger partial charge on any atom is 0.273 e. The molecule has 0 atom stereocenters. The van der Waals surface area contributed by atoms with Gasteiger partial charge in [0.1, 0.15) is 0 Å². The molecule has 0 spiro atoms. The van der Waals surface area contributed by atoms with E-state index in [0.29, 0.717) is 6.54 Å². The highest BCUT2D eigenvalue weighted by molar-refractivity contribution is 9.10. The molecule has 0 saturated heterocycles. The maximum atomic E-state index is 10.9. The SMILES string of the molecule is O=[N+]([O-])c1ccc(Br)cc1CNCC1CCC1. The van der Waals surface area contributed by atoms with Crippen molar-refractivity contribution < 1.29 is 4.92 Å². The van der Waals surface area contributed by atoms with Crippen molar-refractivity contribution in [3.05, 3.63) is 38.3 Å². The summed E-state index contributed by atoms with van der Waals surface area (Å²) >= 11 is 3.34. The Balaban J connectivity index is 1.97. The van der Waals surface area contributed by atoms with Gasteiger partial charge in [-0.3, -0.25) is 10.1 Å². The molecule has 1 aliphatic rings. The summed E-state index contributed by atoms with van der Waals surface area (Å²) in [5.41, 5.74) is 0.929. The third-order valence-electron chi connectivity index (χ3n) is 3.21. The van der Waals surface area contributed by atoms with E-state index in [4.69, 9.17) is 0 Å². The molecule has 2 rings (SSSR count). The molecule has 1 aromatic carbocycles. The lowest BCUT2D eigenvalue weighted by Crippen LogP contribution is -2.27. The van der Waals surface area contributed by atoms with E-state index in [1.807, 2.05) is 6.07 Å². The first-order chi connectivity index (χ1) is 8.16. The van der Waals surface area contributed by atoms with E-state index in [-0.39, 0.29) is 10.6 Å². The molecule has 17 heavy (non-hydrogen) atoms. The van der Waals surface area contributed by atoms with Crippen LogP contribution in [0.2, 0.25) is 0 Å². The van der Waals surface area contributed by atoms with Gasteiger partial charge in [-0.05, 0) is 37.4 Å². The Morgan fingerprint density at radius 2 is 2.24 bits per heavy atom. The van der Waals surface area contributed by atoms with Crippen LogP contribution in [0.25, 0.3) is 0 Å². The zero-order valence-electron chi connectivity index (χ0n) is 9.49. The predicted molar refractivity (Wildman–Crippen MR) is 69.8 cm³/mol. The van der Waals surface area contributed by atoms with Crippen LogP contribution in [0.5, 0.6) is 0 Å². The molecule has 92 valence electrons. The van der Waals surface area contributed by atoms with Gasteiger partial charge in [0.2, 0.25) is 0 Å². The van der Waals surface area contributed by atoms with Crippen LogP contribution < -0.4 is 5.32 Å². The molecule has 0 aromatic heterocycles. The summed E-state index contributed by atoms with van der Waals surface area (Å²) in [7, 11) is 0. The Hall–Kier alpha value is -0.940. The zero-order valence-corrected chi connectivity index (χ0v) is 11.1. The van der Waals surface area contributed by atoms with Crippen molar-refractivity contribution >= 4 is 21.6 Å². The van der Waals surface area contributed by atoms with Crippen molar-refractivity contribution in [3.63, 3.8) is 0 Å². The average Bonchev–Trinajstić information content (AvgIpc) is 2.21. The third-order valence-corrected chi connectivity index (χ3v) is 3.70. The lowest BCUT2D eigenvalue weighted by atomic mass is 9.85. The van der Waals surface area contributed by atoms with Crippen molar-refractivity contribution in [1.82, 2.24) is 5.32 Å². The molecule has 1 saturated carbocycles. The van der Waals surface area contributed by atoms with Gasteiger partial charge in [-0.25, -0.2) is 0 Å². The van der Waals surface area contributed by atoms with Gasteiger partial charge in [0.05, 0.1) is 4.92 Å². The number of nitro benzene ring substituents is 1. The number of nitrogens with one attached hydrogen (secondary N) is 1. The van der Waals surface area contributed by atoms with Crippen molar-refractivity contribution in [2.75, 3.05) is 6.54 Å². The molecule has 1 N–H and O–H groups in total. The summed E-state index contributed by atoms with van der Waals surface area (Å²) < 4.78 is 0.878. The summed E-state index contributed by atoms with van der Waals surface area (Å²) in [6.07, 6.45) is 3.89. The Morgan fingerprint density at radius 3 is 2.82 bits per heavy atom. The second-order valence-electron chi connectivity index (χ2n) is 4.46. The van der Waals surface area contributed by atoms with Gasteiger partial charge in [0.25, 0.3) is 5.69 Å². The van der Waals surface area contributed by atoms with Crippen LogP contribution in [0.15, 0.2) is 22.7 Å². The highest BCUT2D eigenvalue weighted by atomic mass is 79.9. The molecule has 1 aromatic rings. The fraction of sp³-hybridized carbons (Fsp3) is 0.500. The minimum atomic E-state index is -0.327. The molecule has 0 heterocycles. The largest absolute Gasteiger partial charge is 0.312 e. The highest BCUT2D eigenvalue weighted by Crippen LogP contribution is 2.26. The Bertz CT molecular complexity index is 419. The van der Waals surface area contributed by atoms with Crippen LogP contribution in [0.4, 0.5) is 5.69 Å². The molecular formula is C12H15BrN2O2. The van der Waals surface area contributed by atoms with Gasteiger partial charge < -0.3 is 5.32 Å². The van der Waals surface area contributed by atoms with Gasteiger partial charge in [0, 0.05) is 22.6 Å². The van der Waals surface area contributed by atoms with Crippen molar-refractivity contribution in [3.8, 4) is 0 Å². The summed E-state index contributed by atoms with van der Waals surface area (Å²) in [4.78, 5) is 10.5. The molecule has 0 radical (unpaired) electrons. The third kappa shape index (κ3) is 3.26. The highest BCUT2D eigenvalue weighted by Gasteiger charge is 2.18. The van der Waals surface area contributed by atoms with Crippen LogP contribution >= 0.6 is 15.9 Å². The monoisotopic (exact) mass is 298 g/mol. The van der Waals surface area contributed by atoms with E-state index < -0.39 is 0 Å². The standard InChI is InChI=1S/C12H15BrN2O2/c13-11-4-5-12(15(16)17)10(6-11)8-14-7-9-2-1-3-9/h4-6,9,14H,1-3,7-8H2. The molecule has 1 aliphatic carbocycles. The zero-order chi connectivity index (χ0) is 12.3. The Labute approximate surface area is 109 Å². The summed E-state index contributed by atoms with van der Waals surface area (Å²) in [5.74, 6) is 0.765. The molecule has 1 fully saturated rings. The molecule has 0 bridgehead atoms. The van der Waals surface area contributed by atoms with Crippen molar-refractivity contribution in [1.29, 1.82) is 0 Å². The fourth-order valence-corrected chi connectivity index (χ4v) is 2.39. The number of halogens is 1. The van der Waals surface area contributed by atoms with Gasteiger partial charge in [-0.15, -0.1) is 0 Å². The molecule has 5 heteroatoms. The Kier molecular flexibility index (Phi) is 4.12. The first-order valence-corrected chi connectivity index (χ1v) is 6.59. The average molecular weight is 299 g/mol. The van der Waals surface area contributed by atoms with Crippen LogP contribution in [-0.2, 0) is 6.54 Å². The molecule has 4 nitrogen and oxygen atoms in total. The topological polar surface area (TPSA) is 55.2 Å². The van der Waals surface area contributed by atoms with E-state index in [0.717, 1.165) is 22.5 Å². The quantitative estimate of drug-likeness (QED) is 0.670.